The Morgan fingerprint density at radius 1 is 1.12 bits per heavy atom. The number of fused-ring (bicyclic) bond motifs is 3. The molecule has 0 saturated carbocycles. The molecule has 0 aliphatic heterocycles. The fourth-order valence-corrected chi connectivity index (χ4v) is 3.08. The van der Waals surface area contributed by atoms with Gasteiger partial charge >= 0.3 is 11.6 Å². The second kappa shape index (κ2) is 6.67. The zero-order valence-corrected chi connectivity index (χ0v) is 14.3. The molecular weight excluding hydrogens is 308 g/mol. The van der Waals surface area contributed by atoms with Crippen molar-refractivity contribution >= 4 is 16.9 Å². The highest BCUT2D eigenvalue weighted by Crippen LogP contribution is 2.29. The molecule has 1 unspecified atom stereocenters. The lowest BCUT2D eigenvalue weighted by Gasteiger charge is -2.18. The van der Waals surface area contributed by atoms with Crippen LogP contribution in [0.1, 0.15) is 44.7 Å². The minimum absolute atomic E-state index is 0.190. The van der Waals surface area contributed by atoms with Crippen LogP contribution in [0.5, 0.6) is 5.75 Å². The van der Waals surface area contributed by atoms with E-state index in [1.807, 2.05) is 6.07 Å². The van der Waals surface area contributed by atoms with Crippen molar-refractivity contribution in [3.05, 3.63) is 39.7 Å². The van der Waals surface area contributed by atoms with E-state index in [2.05, 4.69) is 0 Å². The minimum atomic E-state index is -0.728. The molecule has 0 radical (unpaired) electrons. The van der Waals surface area contributed by atoms with Crippen LogP contribution in [0, 0.1) is 0 Å². The number of carbonyl (C=O) groups is 1. The molecule has 1 aliphatic rings. The molecule has 1 atom stereocenters. The van der Waals surface area contributed by atoms with Crippen LogP contribution in [0.3, 0.4) is 0 Å². The first-order valence-corrected chi connectivity index (χ1v) is 8.41. The number of benzene rings is 1. The van der Waals surface area contributed by atoms with Gasteiger partial charge < -0.3 is 13.9 Å². The molecule has 0 bridgehead atoms. The monoisotopic (exact) mass is 330 g/mol. The van der Waals surface area contributed by atoms with Crippen molar-refractivity contribution in [1.29, 1.82) is 0 Å². The van der Waals surface area contributed by atoms with Gasteiger partial charge in [0.2, 0.25) is 0 Å². The van der Waals surface area contributed by atoms with Crippen molar-refractivity contribution in [1.82, 2.24) is 0 Å². The molecule has 24 heavy (non-hydrogen) atoms. The van der Waals surface area contributed by atoms with Gasteiger partial charge in [-0.05, 0) is 64.2 Å². The van der Waals surface area contributed by atoms with E-state index in [9.17, 15) is 9.59 Å². The molecule has 1 aromatic heterocycles. The van der Waals surface area contributed by atoms with Crippen LogP contribution in [0.25, 0.3) is 11.0 Å². The summed E-state index contributed by atoms with van der Waals surface area (Å²) in [7, 11) is 0. The molecule has 3 rings (SSSR count). The van der Waals surface area contributed by atoms with Gasteiger partial charge in [-0.25, -0.2) is 9.59 Å². The largest absolute Gasteiger partial charge is 0.479 e. The standard InChI is InChI=1S/C19H22O5/c1-11(2)22-18(20)12(3)23-13-8-9-15-14-6-4-5-7-16(14)19(21)24-17(15)10-13/h8-12H,4-7H2,1-3H3. The van der Waals surface area contributed by atoms with Gasteiger partial charge in [-0.15, -0.1) is 0 Å². The Bertz CT molecular complexity index is 818. The summed E-state index contributed by atoms with van der Waals surface area (Å²) in [5, 5.41) is 0.953. The Morgan fingerprint density at radius 3 is 2.54 bits per heavy atom. The van der Waals surface area contributed by atoms with Crippen LogP contribution >= 0.6 is 0 Å². The topological polar surface area (TPSA) is 65.7 Å². The average Bonchev–Trinajstić information content (AvgIpc) is 2.54. The number of hydrogen-bond donors (Lipinski definition) is 0. The third-order valence-electron chi connectivity index (χ3n) is 4.19. The Morgan fingerprint density at radius 2 is 1.83 bits per heavy atom. The van der Waals surface area contributed by atoms with E-state index >= 15 is 0 Å². The molecule has 0 spiro atoms. The van der Waals surface area contributed by atoms with Gasteiger partial charge in [0.05, 0.1) is 6.10 Å². The predicted octanol–water partition coefficient (Wildman–Crippen LogP) is 3.39. The average molecular weight is 330 g/mol. The Hall–Kier alpha value is -2.30. The highest BCUT2D eigenvalue weighted by Gasteiger charge is 2.20. The summed E-state index contributed by atoms with van der Waals surface area (Å²) in [4.78, 5) is 24.0. The van der Waals surface area contributed by atoms with Crippen molar-refractivity contribution in [2.75, 3.05) is 0 Å². The van der Waals surface area contributed by atoms with Gasteiger partial charge in [0.15, 0.2) is 6.10 Å². The van der Waals surface area contributed by atoms with Gasteiger partial charge in [-0.2, -0.15) is 0 Å². The number of carbonyl (C=O) groups excluding carboxylic acids is 1. The zero-order valence-electron chi connectivity index (χ0n) is 14.3. The van der Waals surface area contributed by atoms with Crippen LogP contribution < -0.4 is 10.4 Å². The maximum Gasteiger partial charge on any atom is 0.347 e. The van der Waals surface area contributed by atoms with Crippen molar-refractivity contribution in [3.63, 3.8) is 0 Å². The van der Waals surface area contributed by atoms with Gasteiger partial charge in [0.25, 0.3) is 0 Å². The number of aryl methyl sites for hydroxylation is 1. The molecule has 1 heterocycles. The van der Waals surface area contributed by atoms with E-state index in [4.69, 9.17) is 13.9 Å². The molecule has 128 valence electrons. The van der Waals surface area contributed by atoms with Crippen LogP contribution in [-0.2, 0) is 22.4 Å². The highest BCUT2D eigenvalue weighted by atomic mass is 16.6. The van der Waals surface area contributed by atoms with Crippen molar-refractivity contribution in [3.8, 4) is 5.75 Å². The van der Waals surface area contributed by atoms with Gasteiger partial charge in [0.1, 0.15) is 11.3 Å². The Kier molecular flexibility index (Phi) is 4.60. The number of hydrogen-bond acceptors (Lipinski definition) is 5. The third-order valence-corrected chi connectivity index (χ3v) is 4.19. The lowest BCUT2D eigenvalue weighted by atomic mass is 9.91. The summed E-state index contributed by atoms with van der Waals surface area (Å²) in [5.74, 6) is 0.0617. The molecule has 0 fully saturated rings. The number of rotatable bonds is 4. The first-order chi connectivity index (χ1) is 11.5. The lowest BCUT2D eigenvalue weighted by Crippen LogP contribution is -2.28. The lowest BCUT2D eigenvalue weighted by molar-refractivity contribution is -0.154. The molecule has 0 N–H and O–H groups in total. The van der Waals surface area contributed by atoms with Crippen LogP contribution in [0.4, 0.5) is 0 Å². The third kappa shape index (κ3) is 3.30. The van der Waals surface area contributed by atoms with E-state index in [0.29, 0.717) is 11.3 Å². The van der Waals surface area contributed by atoms with Crippen LogP contribution in [0.15, 0.2) is 27.4 Å². The fraction of sp³-hybridized carbons (Fsp3) is 0.474. The van der Waals surface area contributed by atoms with Gasteiger partial charge in [-0.1, -0.05) is 0 Å². The molecule has 1 aliphatic carbocycles. The summed E-state index contributed by atoms with van der Waals surface area (Å²) < 4.78 is 16.2. The first kappa shape index (κ1) is 16.6. The highest BCUT2D eigenvalue weighted by molar-refractivity contribution is 5.83. The smallest absolute Gasteiger partial charge is 0.347 e. The van der Waals surface area contributed by atoms with E-state index in [1.165, 1.54) is 0 Å². The molecule has 2 aromatic rings. The van der Waals surface area contributed by atoms with Crippen molar-refractivity contribution in [2.24, 2.45) is 0 Å². The quantitative estimate of drug-likeness (QED) is 0.635. The maximum absolute atomic E-state index is 12.2. The molecule has 0 saturated heterocycles. The minimum Gasteiger partial charge on any atom is -0.479 e. The van der Waals surface area contributed by atoms with E-state index in [-0.39, 0.29) is 11.7 Å². The summed E-state index contributed by atoms with van der Waals surface area (Å²) in [6, 6.07) is 5.37. The van der Waals surface area contributed by atoms with Crippen LogP contribution in [0.2, 0.25) is 0 Å². The second-order valence-corrected chi connectivity index (χ2v) is 6.46. The number of ether oxygens (including phenoxy) is 2. The maximum atomic E-state index is 12.2. The number of esters is 1. The fourth-order valence-electron chi connectivity index (χ4n) is 3.08. The van der Waals surface area contributed by atoms with Crippen molar-refractivity contribution < 1.29 is 18.7 Å². The molecule has 1 aromatic carbocycles. The normalized spacial score (nSPS) is 15.2. The van der Waals surface area contributed by atoms with Gasteiger partial charge in [0, 0.05) is 17.0 Å². The Balaban J connectivity index is 1.89. The second-order valence-electron chi connectivity index (χ2n) is 6.46. The zero-order chi connectivity index (χ0) is 17.3. The van der Waals surface area contributed by atoms with E-state index < -0.39 is 12.1 Å². The summed E-state index contributed by atoms with van der Waals surface area (Å²) in [6.45, 7) is 5.22. The van der Waals surface area contributed by atoms with Gasteiger partial charge in [-0.3, -0.25) is 0 Å². The SMILES string of the molecule is CC(C)OC(=O)C(C)Oc1ccc2c3c(c(=O)oc2c1)CCCC3. The van der Waals surface area contributed by atoms with E-state index in [0.717, 1.165) is 42.2 Å². The first-order valence-electron chi connectivity index (χ1n) is 8.41. The van der Waals surface area contributed by atoms with Crippen molar-refractivity contribution in [2.45, 2.75) is 58.7 Å². The van der Waals surface area contributed by atoms with Crippen LogP contribution in [-0.4, -0.2) is 18.2 Å². The van der Waals surface area contributed by atoms with E-state index in [1.54, 1.807) is 32.9 Å². The molecule has 5 nitrogen and oxygen atoms in total. The predicted molar refractivity (Wildman–Crippen MR) is 90.4 cm³/mol. The summed E-state index contributed by atoms with van der Waals surface area (Å²) >= 11 is 0. The molecular formula is C19H22O5. The summed E-state index contributed by atoms with van der Waals surface area (Å²) in [5.41, 5.74) is 2.13. The molecule has 0 amide bonds. The Labute approximate surface area is 140 Å². The summed E-state index contributed by atoms with van der Waals surface area (Å²) in [6.07, 6.45) is 2.87. The molecule has 5 heteroatoms.